The third-order valence-electron chi connectivity index (χ3n) is 4.96. The molecule has 8 nitrogen and oxygen atoms in total. The molecular weight excluding hydrogens is 406 g/mol. The van der Waals surface area contributed by atoms with Crippen LogP contribution in [0.1, 0.15) is 28.5 Å². The molecule has 1 amide bonds. The number of nitrogens with zero attached hydrogens (tertiary/aromatic N) is 4. The molecule has 3 heterocycles. The summed E-state index contributed by atoms with van der Waals surface area (Å²) in [5, 5.41) is 7.35. The predicted octanol–water partition coefficient (Wildman–Crippen LogP) is 4.93. The van der Waals surface area contributed by atoms with Crippen LogP contribution in [0.25, 0.3) is 11.9 Å². The first-order valence-corrected chi connectivity index (χ1v) is 10.1. The first-order chi connectivity index (χ1) is 15.4. The summed E-state index contributed by atoms with van der Waals surface area (Å²) >= 11 is 0. The molecule has 0 aliphatic rings. The van der Waals surface area contributed by atoms with Gasteiger partial charge in [0.25, 0.3) is 0 Å². The highest BCUT2D eigenvalue weighted by Gasteiger charge is 2.13. The molecule has 0 saturated carbocycles. The van der Waals surface area contributed by atoms with Crippen molar-refractivity contribution in [3.05, 3.63) is 83.3 Å². The fourth-order valence-electron chi connectivity index (χ4n) is 3.08. The van der Waals surface area contributed by atoms with Crippen molar-refractivity contribution in [2.24, 2.45) is 0 Å². The molecule has 0 unspecified atom stereocenters. The third kappa shape index (κ3) is 4.75. The summed E-state index contributed by atoms with van der Waals surface area (Å²) in [7, 11) is 0. The zero-order valence-corrected chi connectivity index (χ0v) is 18.3. The molecule has 0 aliphatic carbocycles. The van der Waals surface area contributed by atoms with Crippen molar-refractivity contribution < 1.29 is 13.9 Å². The van der Waals surface area contributed by atoms with Gasteiger partial charge in [-0.05, 0) is 75.7 Å². The van der Waals surface area contributed by atoms with Crippen LogP contribution < -0.4 is 10.1 Å². The van der Waals surface area contributed by atoms with Gasteiger partial charge in [0.2, 0.25) is 11.8 Å². The molecule has 0 saturated heterocycles. The van der Waals surface area contributed by atoms with Crippen LogP contribution in [-0.2, 0) is 4.79 Å². The quantitative estimate of drug-likeness (QED) is 0.437. The zero-order chi connectivity index (χ0) is 22.7. The van der Waals surface area contributed by atoms with Gasteiger partial charge in [0.05, 0.1) is 12.0 Å². The maximum Gasteiger partial charge on any atom is 0.248 e. The van der Waals surface area contributed by atoms with E-state index in [2.05, 4.69) is 20.4 Å². The van der Waals surface area contributed by atoms with Crippen LogP contribution in [0.3, 0.4) is 0 Å². The fraction of sp³-hybridized carbons (Fsp3) is 0.167. The van der Waals surface area contributed by atoms with Crippen molar-refractivity contribution in [3.63, 3.8) is 0 Å². The summed E-state index contributed by atoms with van der Waals surface area (Å²) in [6.07, 6.45) is 4.57. The van der Waals surface area contributed by atoms with E-state index in [1.165, 1.54) is 6.08 Å². The molecule has 8 heteroatoms. The maximum atomic E-state index is 12.1. The molecule has 0 radical (unpaired) electrons. The molecule has 3 aromatic heterocycles. The summed E-state index contributed by atoms with van der Waals surface area (Å²) in [6.45, 7) is 7.82. The number of ether oxygens (including phenoxy) is 1. The Balaban J connectivity index is 1.46. The van der Waals surface area contributed by atoms with E-state index in [9.17, 15) is 4.79 Å². The molecule has 32 heavy (non-hydrogen) atoms. The number of rotatable bonds is 6. The Hall–Kier alpha value is -4.20. The summed E-state index contributed by atoms with van der Waals surface area (Å²) in [6, 6.07) is 12.3. The zero-order valence-electron chi connectivity index (χ0n) is 18.3. The minimum atomic E-state index is -0.258. The van der Waals surface area contributed by atoms with Gasteiger partial charge in [-0.25, -0.2) is 9.67 Å². The number of benzene rings is 1. The summed E-state index contributed by atoms with van der Waals surface area (Å²) in [4.78, 5) is 20.9. The highest BCUT2D eigenvalue weighted by atomic mass is 16.5. The van der Waals surface area contributed by atoms with E-state index < -0.39 is 0 Å². The van der Waals surface area contributed by atoms with Gasteiger partial charge >= 0.3 is 0 Å². The van der Waals surface area contributed by atoms with E-state index in [1.807, 2.05) is 27.7 Å². The standard InChI is InChI=1S/C24H23N5O3/c1-15-16(2)28-29(17(15)3)22-14-24(26-18(4)25-22)32-21-9-7-19(8-10-21)27-23(30)12-11-20-6-5-13-31-20/h5-14H,1-4H3,(H,27,30)/b12-11+. The minimum absolute atomic E-state index is 0.258. The topological polar surface area (TPSA) is 95.1 Å². The molecule has 0 fully saturated rings. The maximum absolute atomic E-state index is 12.1. The van der Waals surface area contributed by atoms with E-state index in [4.69, 9.17) is 9.15 Å². The number of aryl methyl sites for hydroxylation is 2. The van der Waals surface area contributed by atoms with Crippen LogP contribution in [-0.4, -0.2) is 25.7 Å². The third-order valence-corrected chi connectivity index (χ3v) is 4.96. The van der Waals surface area contributed by atoms with Crippen LogP contribution >= 0.6 is 0 Å². The Labute approximate surface area is 185 Å². The molecule has 4 rings (SSSR count). The fourth-order valence-corrected chi connectivity index (χ4v) is 3.08. The largest absolute Gasteiger partial charge is 0.465 e. The molecule has 4 aromatic rings. The lowest BCUT2D eigenvalue weighted by Crippen LogP contribution is -2.07. The van der Waals surface area contributed by atoms with E-state index in [0.717, 1.165) is 17.0 Å². The predicted molar refractivity (Wildman–Crippen MR) is 121 cm³/mol. The number of carbonyl (C=O) groups is 1. The van der Waals surface area contributed by atoms with Gasteiger partial charge in [0.15, 0.2) is 5.82 Å². The van der Waals surface area contributed by atoms with Crippen LogP contribution in [0, 0.1) is 27.7 Å². The number of amides is 1. The second-order valence-electron chi connectivity index (χ2n) is 7.28. The smallest absolute Gasteiger partial charge is 0.248 e. The number of hydrogen-bond acceptors (Lipinski definition) is 6. The number of hydrogen-bond donors (Lipinski definition) is 1. The molecule has 0 atom stereocenters. The Kier molecular flexibility index (Phi) is 5.85. The molecule has 1 N–H and O–H groups in total. The van der Waals surface area contributed by atoms with Gasteiger partial charge < -0.3 is 14.5 Å². The average molecular weight is 429 g/mol. The molecule has 1 aromatic carbocycles. The second kappa shape index (κ2) is 8.89. The van der Waals surface area contributed by atoms with Gasteiger partial charge in [-0.15, -0.1) is 0 Å². The minimum Gasteiger partial charge on any atom is -0.465 e. The van der Waals surface area contributed by atoms with Gasteiger partial charge in [0.1, 0.15) is 17.3 Å². The molecule has 0 aliphatic heterocycles. The normalized spacial score (nSPS) is 11.1. The van der Waals surface area contributed by atoms with Gasteiger partial charge in [-0.3, -0.25) is 4.79 Å². The Morgan fingerprint density at radius 1 is 1.09 bits per heavy atom. The first-order valence-electron chi connectivity index (χ1n) is 10.1. The lowest BCUT2D eigenvalue weighted by Gasteiger charge is -2.10. The van der Waals surface area contributed by atoms with E-state index in [0.29, 0.717) is 34.7 Å². The molecule has 0 bridgehead atoms. The van der Waals surface area contributed by atoms with Gasteiger partial charge in [-0.2, -0.15) is 10.1 Å². The first kappa shape index (κ1) is 21.0. The van der Waals surface area contributed by atoms with Gasteiger partial charge in [0, 0.05) is 23.5 Å². The molecular formula is C24H23N5O3. The lowest BCUT2D eigenvalue weighted by atomic mass is 10.2. The summed E-state index contributed by atoms with van der Waals surface area (Å²) in [5.74, 6) is 2.58. The van der Waals surface area contributed by atoms with Crippen molar-refractivity contribution in [2.75, 3.05) is 5.32 Å². The van der Waals surface area contributed by atoms with Crippen molar-refractivity contribution >= 4 is 17.7 Å². The van der Waals surface area contributed by atoms with Crippen molar-refractivity contribution in [1.29, 1.82) is 0 Å². The Bertz CT molecular complexity index is 1270. The average Bonchev–Trinajstić information content (AvgIpc) is 3.37. The number of aromatic nitrogens is 4. The second-order valence-corrected chi connectivity index (χ2v) is 7.28. The number of furan rings is 1. The lowest BCUT2D eigenvalue weighted by molar-refractivity contribution is -0.111. The van der Waals surface area contributed by atoms with E-state index in [-0.39, 0.29) is 5.91 Å². The summed E-state index contributed by atoms with van der Waals surface area (Å²) in [5.41, 5.74) is 3.75. The van der Waals surface area contributed by atoms with Crippen LogP contribution in [0.15, 0.2) is 59.2 Å². The summed E-state index contributed by atoms with van der Waals surface area (Å²) < 4.78 is 12.9. The van der Waals surface area contributed by atoms with Crippen LogP contribution in [0.2, 0.25) is 0 Å². The highest BCUT2D eigenvalue weighted by molar-refractivity contribution is 6.01. The van der Waals surface area contributed by atoms with E-state index >= 15 is 0 Å². The van der Waals surface area contributed by atoms with Crippen LogP contribution in [0.5, 0.6) is 11.6 Å². The molecule has 0 spiro atoms. The van der Waals surface area contributed by atoms with Crippen molar-refractivity contribution in [2.45, 2.75) is 27.7 Å². The molecule has 162 valence electrons. The van der Waals surface area contributed by atoms with Crippen molar-refractivity contribution in [3.8, 4) is 17.4 Å². The SMILES string of the molecule is Cc1nc(Oc2ccc(NC(=O)/C=C/c3ccco3)cc2)cc(-n2nc(C)c(C)c2C)n1. The van der Waals surface area contributed by atoms with Gasteiger partial charge in [-0.1, -0.05) is 0 Å². The monoisotopic (exact) mass is 429 g/mol. The Morgan fingerprint density at radius 2 is 1.88 bits per heavy atom. The number of carbonyl (C=O) groups excluding carboxylic acids is 1. The van der Waals surface area contributed by atoms with E-state index in [1.54, 1.807) is 59.5 Å². The van der Waals surface area contributed by atoms with Crippen LogP contribution in [0.4, 0.5) is 5.69 Å². The number of nitrogens with one attached hydrogen (secondary N) is 1. The van der Waals surface area contributed by atoms with Crippen molar-refractivity contribution in [1.82, 2.24) is 19.7 Å². The number of anilines is 1. The Morgan fingerprint density at radius 3 is 2.53 bits per heavy atom. The highest BCUT2D eigenvalue weighted by Crippen LogP contribution is 2.24.